The number of nitrogens with zero attached hydrogens (tertiary/aromatic N) is 1. The van der Waals surface area contributed by atoms with Gasteiger partial charge in [0.15, 0.2) is 0 Å². The van der Waals surface area contributed by atoms with Gasteiger partial charge in [0, 0.05) is 18.0 Å². The molecule has 0 aromatic heterocycles. The highest BCUT2D eigenvalue weighted by atomic mass is 16.6. The van der Waals surface area contributed by atoms with Crippen LogP contribution in [0.1, 0.15) is 46.5 Å². The number of rotatable bonds is 0. The van der Waals surface area contributed by atoms with Crippen molar-refractivity contribution < 1.29 is 9.53 Å². The van der Waals surface area contributed by atoms with Crippen LogP contribution in [-0.4, -0.2) is 28.7 Å². The second-order valence-corrected chi connectivity index (χ2v) is 6.21. The predicted molar refractivity (Wildman–Crippen MR) is 66.5 cm³/mol. The third-order valence-corrected chi connectivity index (χ3v) is 3.58. The number of amides is 1. The number of piperidine rings is 1. The summed E-state index contributed by atoms with van der Waals surface area (Å²) in [7, 11) is 0. The Morgan fingerprint density at radius 1 is 1.47 bits per heavy atom. The summed E-state index contributed by atoms with van der Waals surface area (Å²) in [6.45, 7) is 6.44. The summed E-state index contributed by atoms with van der Waals surface area (Å²) in [5, 5.41) is 0. The van der Waals surface area contributed by atoms with Crippen molar-refractivity contribution in [2.45, 2.75) is 57.6 Å². The van der Waals surface area contributed by atoms with Gasteiger partial charge in [-0.3, -0.25) is 0 Å². The van der Waals surface area contributed by atoms with Gasteiger partial charge < -0.3 is 9.64 Å². The molecule has 1 saturated heterocycles. The van der Waals surface area contributed by atoms with E-state index in [-0.39, 0.29) is 11.6 Å². The summed E-state index contributed by atoms with van der Waals surface area (Å²) in [5.74, 6) is 3.16. The van der Waals surface area contributed by atoms with E-state index in [9.17, 15) is 4.79 Å². The van der Waals surface area contributed by atoms with Gasteiger partial charge >= 0.3 is 6.09 Å². The Balaban J connectivity index is 2.03. The lowest BCUT2D eigenvalue weighted by Gasteiger charge is -2.39. The first-order chi connectivity index (χ1) is 7.86. The van der Waals surface area contributed by atoms with Crippen LogP contribution in [0.3, 0.4) is 0 Å². The van der Waals surface area contributed by atoms with Gasteiger partial charge in [0.25, 0.3) is 0 Å². The molecule has 1 aliphatic heterocycles. The van der Waals surface area contributed by atoms with Gasteiger partial charge in [-0.05, 0) is 46.5 Å². The molecule has 2 rings (SSSR count). The second-order valence-electron chi connectivity index (χ2n) is 6.21. The van der Waals surface area contributed by atoms with Gasteiger partial charge in [-0.2, -0.15) is 0 Å². The molecule has 3 heteroatoms. The van der Waals surface area contributed by atoms with Crippen LogP contribution in [0.5, 0.6) is 0 Å². The highest BCUT2D eigenvalue weighted by Crippen LogP contribution is 2.50. The molecular weight excluding hydrogens is 214 g/mol. The highest BCUT2D eigenvalue weighted by molar-refractivity contribution is 5.70. The number of ether oxygens (including phenoxy) is 1. The fourth-order valence-corrected chi connectivity index (χ4v) is 2.56. The average Bonchev–Trinajstić information content (AvgIpc) is 2.95. The maximum absolute atomic E-state index is 12.1. The number of likely N-dealkylation sites (tertiary alicyclic amines) is 1. The molecule has 0 N–H and O–H groups in total. The van der Waals surface area contributed by atoms with Crippen LogP contribution in [0.15, 0.2) is 0 Å². The minimum absolute atomic E-state index is 0.0254. The molecule has 0 bridgehead atoms. The van der Waals surface area contributed by atoms with Crippen LogP contribution in [-0.2, 0) is 4.74 Å². The average molecular weight is 235 g/mol. The highest BCUT2D eigenvalue weighted by Gasteiger charge is 2.54. The second kappa shape index (κ2) is 3.94. The Bertz CT molecular complexity index is 357. The fourth-order valence-electron chi connectivity index (χ4n) is 2.56. The van der Waals surface area contributed by atoms with Crippen molar-refractivity contribution in [3.05, 3.63) is 0 Å². The van der Waals surface area contributed by atoms with E-state index in [4.69, 9.17) is 11.2 Å². The Labute approximate surface area is 104 Å². The lowest BCUT2D eigenvalue weighted by atomic mass is 9.90. The smallest absolute Gasteiger partial charge is 0.410 e. The monoisotopic (exact) mass is 235 g/mol. The number of terminal acetylenes is 1. The summed E-state index contributed by atoms with van der Waals surface area (Å²) in [4.78, 5) is 14.0. The molecule has 3 nitrogen and oxygen atoms in total. The molecule has 94 valence electrons. The molecule has 1 heterocycles. The first kappa shape index (κ1) is 12.3. The summed E-state index contributed by atoms with van der Waals surface area (Å²) in [6.07, 6.45) is 9.31. The third kappa shape index (κ3) is 2.57. The lowest BCUT2D eigenvalue weighted by Crippen LogP contribution is -2.49. The van der Waals surface area contributed by atoms with Crippen molar-refractivity contribution in [1.29, 1.82) is 0 Å². The standard InChI is InChI=1S/C14H21NO2/c1-5-11-6-9-15(14(10-11)7-8-14)12(16)17-13(2,3)4/h1,11H,6-10H2,2-4H3. The van der Waals surface area contributed by atoms with Crippen LogP contribution in [0.25, 0.3) is 0 Å². The normalized spacial score (nSPS) is 26.5. The minimum atomic E-state index is -0.421. The number of carbonyl (C=O) groups excluding carboxylic acids is 1. The zero-order chi connectivity index (χ0) is 12.7. The van der Waals surface area contributed by atoms with Gasteiger partial charge in [-0.15, -0.1) is 12.3 Å². The van der Waals surface area contributed by atoms with Crippen molar-refractivity contribution in [2.75, 3.05) is 6.54 Å². The Hall–Kier alpha value is -1.17. The fraction of sp³-hybridized carbons (Fsp3) is 0.786. The summed E-state index contributed by atoms with van der Waals surface area (Å²) in [5.41, 5.74) is -0.395. The maximum atomic E-state index is 12.1. The van der Waals surface area contributed by atoms with Gasteiger partial charge in [0.2, 0.25) is 0 Å². The van der Waals surface area contributed by atoms with Gasteiger partial charge in [0.05, 0.1) is 0 Å². The van der Waals surface area contributed by atoms with Crippen molar-refractivity contribution >= 4 is 6.09 Å². The van der Waals surface area contributed by atoms with E-state index in [2.05, 4.69) is 5.92 Å². The van der Waals surface area contributed by atoms with Gasteiger partial charge in [-0.1, -0.05) is 0 Å². The maximum Gasteiger partial charge on any atom is 0.410 e. The number of carbonyl (C=O) groups is 1. The molecule has 17 heavy (non-hydrogen) atoms. The topological polar surface area (TPSA) is 29.5 Å². The van der Waals surface area contributed by atoms with E-state index in [1.165, 1.54) is 0 Å². The zero-order valence-corrected chi connectivity index (χ0v) is 11.0. The Morgan fingerprint density at radius 3 is 2.59 bits per heavy atom. The van der Waals surface area contributed by atoms with Crippen LogP contribution < -0.4 is 0 Å². The minimum Gasteiger partial charge on any atom is -0.444 e. The van der Waals surface area contributed by atoms with Gasteiger partial charge in [-0.25, -0.2) is 4.79 Å². The first-order valence-electron chi connectivity index (χ1n) is 6.33. The van der Waals surface area contributed by atoms with E-state index >= 15 is 0 Å². The van der Waals surface area contributed by atoms with E-state index in [1.807, 2.05) is 25.7 Å². The molecule has 0 aromatic rings. The molecule has 1 saturated carbocycles. The molecule has 1 spiro atoms. The summed E-state index contributed by atoms with van der Waals surface area (Å²) < 4.78 is 5.46. The zero-order valence-electron chi connectivity index (χ0n) is 11.0. The number of hydrogen-bond donors (Lipinski definition) is 0. The molecule has 2 aliphatic rings. The molecule has 2 fully saturated rings. The Kier molecular flexibility index (Phi) is 2.85. The van der Waals surface area contributed by atoms with E-state index in [0.29, 0.717) is 5.92 Å². The molecule has 1 aliphatic carbocycles. The Morgan fingerprint density at radius 2 is 2.12 bits per heavy atom. The number of hydrogen-bond acceptors (Lipinski definition) is 2. The molecule has 1 atom stereocenters. The predicted octanol–water partition coefficient (Wildman–Crippen LogP) is 2.80. The van der Waals surface area contributed by atoms with E-state index in [0.717, 1.165) is 32.2 Å². The lowest BCUT2D eigenvalue weighted by molar-refractivity contribution is 0.00273. The van der Waals surface area contributed by atoms with Crippen molar-refractivity contribution in [2.24, 2.45) is 5.92 Å². The first-order valence-corrected chi connectivity index (χ1v) is 6.33. The summed E-state index contributed by atoms with van der Waals surface area (Å²) >= 11 is 0. The molecule has 0 radical (unpaired) electrons. The van der Waals surface area contributed by atoms with Crippen LogP contribution >= 0.6 is 0 Å². The van der Waals surface area contributed by atoms with E-state index in [1.54, 1.807) is 0 Å². The molecule has 1 amide bonds. The van der Waals surface area contributed by atoms with Crippen LogP contribution in [0.4, 0.5) is 4.79 Å². The molecule has 0 aromatic carbocycles. The quantitative estimate of drug-likeness (QED) is 0.604. The third-order valence-electron chi connectivity index (χ3n) is 3.58. The van der Waals surface area contributed by atoms with E-state index < -0.39 is 5.60 Å². The molecule has 1 unspecified atom stereocenters. The SMILES string of the molecule is C#CC1CCN(C(=O)OC(C)(C)C)C2(CC2)C1. The summed E-state index contributed by atoms with van der Waals surface area (Å²) in [6, 6.07) is 0. The van der Waals surface area contributed by atoms with Crippen LogP contribution in [0, 0.1) is 18.3 Å². The molecular formula is C14H21NO2. The van der Waals surface area contributed by atoms with Crippen molar-refractivity contribution in [3.8, 4) is 12.3 Å². The largest absolute Gasteiger partial charge is 0.444 e. The van der Waals surface area contributed by atoms with Crippen LogP contribution in [0.2, 0.25) is 0 Å². The van der Waals surface area contributed by atoms with Crippen molar-refractivity contribution in [3.63, 3.8) is 0 Å². The van der Waals surface area contributed by atoms with Crippen molar-refractivity contribution in [1.82, 2.24) is 4.90 Å². The van der Waals surface area contributed by atoms with Gasteiger partial charge in [0.1, 0.15) is 5.60 Å².